The monoisotopic (exact) mass is 335 g/mol. The number of aromatic nitrogens is 3. The molecule has 0 saturated carbocycles. The van der Waals surface area contributed by atoms with Crippen LogP contribution in [0.15, 0.2) is 61.1 Å². The van der Waals surface area contributed by atoms with E-state index in [0.717, 1.165) is 22.8 Å². The van der Waals surface area contributed by atoms with Gasteiger partial charge < -0.3 is 15.4 Å². The zero-order valence-electron chi connectivity index (χ0n) is 14.3. The Balaban J connectivity index is 1.70. The van der Waals surface area contributed by atoms with E-state index in [0.29, 0.717) is 12.5 Å². The van der Waals surface area contributed by atoms with Crippen molar-refractivity contribution >= 4 is 17.5 Å². The lowest BCUT2D eigenvalue weighted by molar-refractivity contribution is 0.244. The molecular weight excluding hydrogens is 314 g/mol. The minimum absolute atomic E-state index is 0.0947. The maximum absolute atomic E-state index is 5.81. The molecule has 0 amide bonds. The molecule has 2 aromatic heterocycles. The Morgan fingerprint density at radius 2 is 1.80 bits per heavy atom. The summed E-state index contributed by atoms with van der Waals surface area (Å²) in [6.45, 7) is 4.67. The Morgan fingerprint density at radius 1 is 1.00 bits per heavy atom. The van der Waals surface area contributed by atoms with Crippen molar-refractivity contribution < 1.29 is 4.74 Å². The number of hydrogen-bond donors (Lipinski definition) is 2. The Labute approximate surface area is 147 Å². The van der Waals surface area contributed by atoms with Crippen molar-refractivity contribution in [1.82, 2.24) is 15.0 Å². The minimum atomic E-state index is 0.0947. The number of nitrogens with one attached hydrogen (secondary N) is 2. The van der Waals surface area contributed by atoms with E-state index in [4.69, 9.17) is 4.74 Å². The van der Waals surface area contributed by atoms with Gasteiger partial charge in [0.1, 0.15) is 11.6 Å². The molecule has 0 radical (unpaired) electrons. The van der Waals surface area contributed by atoms with Gasteiger partial charge in [0, 0.05) is 25.1 Å². The fraction of sp³-hybridized carbons (Fsp3) is 0.211. The average Bonchev–Trinajstić information content (AvgIpc) is 2.62. The van der Waals surface area contributed by atoms with Crippen LogP contribution in [0.25, 0.3) is 0 Å². The Kier molecular flexibility index (Phi) is 5.41. The Hall–Kier alpha value is -3.15. The van der Waals surface area contributed by atoms with Gasteiger partial charge in [-0.2, -0.15) is 4.98 Å². The van der Waals surface area contributed by atoms with Crippen molar-refractivity contribution in [3.63, 3.8) is 0 Å². The lowest BCUT2D eigenvalue weighted by Crippen LogP contribution is -2.08. The van der Waals surface area contributed by atoms with Crippen molar-refractivity contribution in [2.24, 2.45) is 0 Å². The highest BCUT2D eigenvalue weighted by Crippen LogP contribution is 2.27. The maximum atomic E-state index is 5.81. The first-order chi connectivity index (χ1) is 12.2. The zero-order valence-corrected chi connectivity index (χ0v) is 14.3. The standard InChI is InChI=1S/C19H21N5O/c1-14(2)25-17-6-4-3-5-16(17)23-19-21-12-9-18(24-19)22-13-15-7-10-20-11-8-15/h3-12,14H,13H2,1-2H3,(H2,21,22,23,24). The van der Waals surface area contributed by atoms with Gasteiger partial charge in [-0.3, -0.25) is 4.98 Å². The van der Waals surface area contributed by atoms with E-state index in [1.807, 2.05) is 56.3 Å². The van der Waals surface area contributed by atoms with Gasteiger partial charge >= 0.3 is 0 Å². The van der Waals surface area contributed by atoms with Crippen LogP contribution in [0.1, 0.15) is 19.4 Å². The van der Waals surface area contributed by atoms with Crippen LogP contribution >= 0.6 is 0 Å². The molecule has 0 bridgehead atoms. The van der Waals surface area contributed by atoms with Crippen LogP contribution in [-0.2, 0) is 6.54 Å². The summed E-state index contributed by atoms with van der Waals surface area (Å²) in [4.78, 5) is 12.8. The van der Waals surface area contributed by atoms with Crippen molar-refractivity contribution in [1.29, 1.82) is 0 Å². The lowest BCUT2D eigenvalue weighted by atomic mass is 10.3. The van der Waals surface area contributed by atoms with Gasteiger partial charge in [-0.05, 0) is 49.7 Å². The molecule has 1 aromatic carbocycles. The summed E-state index contributed by atoms with van der Waals surface area (Å²) in [6.07, 6.45) is 5.36. The van der Waals surface area contributed by atoms with Crippen LogP contribution in [0.3, 0.4) is 0 Å². The molecule has 3 aromatic rings. The number of anilines is 3. The average molecular weight is 335 g/mol. The fourth-order valence-corrected chi connectivity index (χ4v) is 2.26. The predicted molar refractivity (Wildman–Crippen MR) is 99.1 cm³/mol. The predicted octanol–water partition coefficient (Wildman–Crippen LogP) is 4.01. The topological polar surface area (TPSA) is 72.0 Å². The molecule has 0 aliphatic carbocycles. The number of benzene rings is 1. The van der Waals surface area contributed by atoms with Crippen LogP contribution in [0.2, 0.25) is 0 Å². The maximum Gasteiger partial charge on any atom is 0.229 e. The number of ether oxygens (including phenoxy) is 1. The van der Waals surface area contributed by atoms with E-state index >= 15 is 0 Å². The number of rotatable bonds is 7. The zero-order chi connectivity index (χ0) is 17.5. The third-order valence-corrected chi connectivity index (χ3v) is 3.37. The Morgan fingerprint density at radius 3 is 2.60 bits per heavy atom. The molecule has 0 saturated heterocycles. The van der Waals surface area contributed by atoms with E-state index in [2.05, 4.69) is 25.6 Å². The van der Waals surface area contributed by atoms with E-state index < -0.39 is 0 Å². The summed E-state index contributed by atoms with van der Waals surface area (Å²) < 4.78 is 5.81. The normalized spacial score (nSPS) is 10.5. The summed E-state index contributed by atoms with van der Waals surface area (Å²) in [7, 11) is 0. The number of hydrogen-bond acceptors (Lipinski definition) is 6. The van der Waals surface area contributed by atoms with Gasteiger partial charge in [0.2, 0.25) is 5.95 Å². The summed E-state index contributed by atoms with van der Waals surface area (Å²) >= 11 is 0. The SMILES string of the molecule is CC(C)Oc1ccccc1Nc1nccc(NCc2ccncc2)n1. The molecule has 128 valence electrons. The third kappa shape index (κ3) is 4.91. The highest BCUT2D eigenvalue weighted by molar-refractivity contribution is 5.63. The van der Waals surface area contributed by atoms with Crippen molar-refractivity contribution in [3.8, 4) is 5.75 Å². The first-order valence-electron chi connectivity index (χ1n) is 8.19. The summed E-state index contributed by atoms with van der Waals surface area (Å²) in [5.41, 5.74) is 1.97. The van der Waals surface area contributed by atoms with Crippen LogP contribution in [0.4, 0.5) is 17.5 Å². The second-order valence-corrected chi connectivity index (χ2v) is 5.76. The fourth-order valence-electron chi connectivity index (χ4n) is 2.26. The first kappa shape index (κ1) is 16.7. The van der Waals surface area contributed by atoms with Gasteiger partial charge in [-0.25, -0.2) is 4.98 Å². The summed E-state index contributed by atoms with van der Waals surface area (Å²) in [5, 5.41) is 6.50. The molecule has 2 N–H and O–H groups in total. The van der Waals surface area contributed by atoms with E-state index in [-0.39, 0.29) is 6.10 Å². The highest BCUT2D eigenvalue weighted by Gasteiger charge is 2.07. The van der Waals surface area contributed by atoms with Gasteiger partial charge in [-0.15, -0.1) is 0 Å². The van der Waals surface area contributed by atoms with Crippen LogP contribution in [0, 0.1) is 0 Å². The molecule has 6 heteroatoms. The molecule has 0 fully saturated rings. The molecule has 0 aliphatic rings. The number of para-hydroxylation sites is 2. The van der Waals surface area contributed by atoms with Gasteiger partial charge in [0.05, 0.1) is 11.8 Å². The van der Waals surface area contributed by atoms with Gasteiger partial charge in [-0.1, -0.05) is 12.1 Å². The highest BCUT2D eigenvalue weighted by atomic mass is 16.5. The van der Waals surface area contributed by atoms with Crippen LogP contribution in [0.5, 0.6) is 5.75 Å². The second kappa shape index (κ2) is 8.10. The molecule has 6 nitrogen and oxygen atoms in total. The molecule has 0 aliphatic heterocycles. The van der Waals surface area contributed by atoms with Crippen LogP contribution < -0.4 is 15.4 Å². The summed E-state index contributed by atoms with van der Waals surface area (Å²) in [6, 6.07) is 13.5. The van der Waals surface area contributed by atoms with Gasteiger partial charge in [0.15, 0.2) is 0 Å². The first-order valence-corrected chi connectivity index (χ1v) is 8.19. The largest absolute Gasteiger partial charge is 0.489 e. The third-order valence-electron chi connectivity index (χ3n) is 3.37. The van der Waals surface area contributed by atoms with E-state index in [9.17, 15) is 0 Å². The second-order valence-electron chi connectivity index (χ2n) is 5.76. The smallest absolute Gasteiger partial charge is 0.229 e. The summed E-state index contributed by atoms with van der Waals surface area (Å²) in [5.74, 6) is 2.03. The molecular formula is C19H21N5O. The minimum Gasteiger partial charge on any atom is -0.489 e. The molecule has 0 atom stereocenters. The lowest BCUT2D eigenvalue weighted by Gasteiger charge is -2.15. The quantitative estimate of drug-likeness (QED) is 0.679. The van der Waals surface area contributed by atoms with E-state index in [1.165, 1.54) is 0 Å². The Bertz CT molecular complexity index is 808. The molecule has 0 spiro atoms. The van der Waals surface area contributed by atoms with Crippen molar-refractivity contribution in [2.75, 3.05) is 10.6 Å². The molecule has 25 heavy (non-hydrogen) atoms. The number of pyridine rings is 1. The van der Waals surface area contributed by atoms with Gasteiger partial charge in [0.25, 0.3) is 0 Å². The number of nitrogens with zero attached hydrogens (tertiary/aromatic N) is 3. The van der Waals surface area contributed by atoms with E-state index in [1.54, 1.807) is 18.6 Å². The molecule has 2 heterocycles. The molecule has 0 unspecified atom stereocenters. The molecule has 3 rings (SSSR count). The van der Waals surface area contributed by atoms with Crippen molar-refractivity contribution in [3.05, 3.63) is 66.6 Å². The van der Waals surface area contributed by atoms with Crippen LogP contribution in [-0.4, -0.2) is 21.1 Å². The van der Waals surface area contributed by atoms with Crippen molar-refractivity contribution in [2.45, 2.75) is 26.5 Å².